The summed E-state index contributed by atoms with van der Waals surface area (Å²) in [6.45, 7) is 6.61. The van der Waals surface area contributed by atoms with Crippen LogP contribution in [0.1, 0.15) is 12.0 Å². The Morgan fingerprint density at radius 1 is 1.29 bits per heavy atom. The molecule has 1 amide bonds. The van der Waals surface area contributed by atoms with E-state index in [1.54, 1.807) is 11.8 Å². The molecule has 6 heteroatoms. The fourth-order valence-corrected chi connectivity index (χ4v) is 4.33. The Morgan fingerprint density at radius 2 is 2.12 bits per heavy atom. The molecule has 0 spiro atoms. The van der Waals surface area contributed by atoms with Crippen LogP contribution in [0, 0.1) is 5.92 Å². The van der Waals surface area contributed by atoms with E-state index in [2.05, 4.69) is 11.0 Å². The van der Waals surface area contributed by atoms with Crippen LogP contribution in [0.2, 0.25) is 5.02 Å². The minimum absolute atomic E-state index is 0.255. The summed E-state index contributed by atoms with van der Waals surface area (Å²) in [5.74, 6) is 2.31. The van der Waals surface area contributed by atoms with Crippen molar-refractivity contribution in [2.24, 2.45) is 5.92 Å². The Bertz CT molecular complexity index is 544. The fourth-order valence-electron chi connectivity index (χ4n) is 3.25. The standard InChI is InChI=1S/C18H25ClN2O2S/c19-17-3-1-2-15(10-17)13-24-14-18(22)21-7-5-20(6-8-21)11-16-4-9-23-12-16/h1-3,10,16H,4-9,11-14H2. The van der Waals surface area contributed by atoms with E-state index < -0.39 is 0 Å². The minimum Gasteiger partial charge on any atom is -0.381 e. The van der Waals surface area contributed by atoms with Crippen molar-refractivity contribution in [3.8, 4) is 0 Å². The molecule has 0 saturated carbocycles. The highest BCUT2D eigenvalue weighted by molar-refractivity contribution is 7.99. The van der Waals surface area contributed by atoms with Gasteiger partial charge in [0.2, 0.25) is 5.91 Å². The molecule has 1 unspecified atom stereocenters. The van der Waals surface area contributed by atoms with Gasteiger partial charge in [-0.2, -0.15) is 0 Å². The van der Waals surface area contributed by atoms with Crippen molar-refractivity contribution in [1.82, 2.24) is 9.80 Å². The Morgan fingerprint density at radius 3 is 2.83 bits per heavy atom. The van der Waals surface area contributed by atoms with E-state index in [1.807, 2.05) is 23.1 Å². The zero-order valence-corrected chi connectivity index (χ0v) is 15.5. The van der Waals surface area contributed by atoms with E-state index >= 15 is 0 Å². The van der Waals surface area contributed by atoms with Crippen LogP contribution in [0.5, 0.6) is 0 Å². The van der Waals surface area contributed by atoms with Gasteiger partial charge in [0.1, 0.15) is 0 Å². The number of halogens is 1. The van der Waals surface area contributed by atoms with Gasteiger partial charge in [-0.15, -0.1) is 11.8 Å². The number of piperazine rings is 1. The lowest BCUT2D eigenvalue weighted by atomic mass is 10.1. The SMILES string of the molecule is O=C(CSCc1cccc(Cl)c1)N1CCN(CC2CCOC2)CC1. The molecular formula is C18H25ClN2O2S. The molecule has 1 atom stereocenters. The van der Waals surface area contributed by atoms with Crippen LogP contribution in [0.25, 0.3) is 0 Å². The quantitative estimate of drug-likeness (QED) is 0.773. The number of thioether (sulfide) groups is 1. The number of hydrogen-bond donors (Lipinski definition) is 0. The van der Waals surface area contributed by atoms with Crippen LogP contribution in [-0.2, 0) is 15.3 Å². The molecule has 2 aliphatic rings. The van der Waals surface area contributed by atoms with Crippen LogP contribution in [0.3, 0.4) is 0 Å². The number of benzene rings is 1. The van der Waals surface area contributed by atoms with Gasteiger partial charge in [-0.05, 0) is 30.0 Å². The predicted molar refractivity (Wildman–Crippen MR) is 99.6 cm³/mol. The van der Waals surface area contributed by atoms with Gasteiger partial charge in [0, 0.05) is 50.1 Å². The van der Waals surface area contributed by atoms with Gasteiger partial charge in [-0.25, -0.2) is 0 Å². The normalized spacial score (nSPS) is 22.0. The van der Waals surface area contributed by atoms with Crippen molar-refractivity contribution in [2.45, 2.75) is 12.2 Å². The second-order valence-electron chi connectivity index (χ2n) is 6.53. The molecular weight excluding hydrogens is 344 g/mol. The Kier molecular flexibility index (Phi) is 6.84. The number of carbonyl (C=O) groups excluding carboxylic acids is 1. The number of rotatable bonds is 6. The van der Waals surface area contributed by atoms with Crippen LogP contribution in [0.4, 0.5) is 0 Å². The molecule has 2 saturated heterocycles. The summed E-state index contributed by atoms with van der Waals surface area (Å²) in [5.41, 5.74) is 1.17. The van der Waals surface area contributed by atoms with E-state index in [0.717, 1.165) is 56.7 Å². The zero-order valence-electron chi connectivity index (χ0n) is 14.0. The Labute approximate surface area is 153 Å². The van der Waals surface area contributed by atoms with Gasteiger partial charge in [-0.3, -0.25) is 9.69 Å². The van der Waals surface area contributed by atoms with Crippen LogP contribution in [0.15, 0.2) is 24.3 Å². The molecule has 0 N–H and O–H groups in total. The lowest BCUT2D eigenvalue weighted by Gasteiger charge is -2.35. The molecule has 2 aliphatic heterocycles. The van der Waals surface area contributed by atoms with E-state index in [4.69, 9.17) is 16.3 Å². The van der Waals surface area contributed by atoms with Crippen molar-refractivity contribution in [3.05, 3.63) is 34.9 Å². The van der Waals surface area contributed by atoms with Crippen molar-refractivity contribution in [3.63, 3.8) is 0 Å². The number of ether oxygens (including phenoxy) is 1. The molecule has 4 nitrogen and oxygen atoms in total. The van der Waals surface area contributed by atoms with Gasteiger partial charge in [0.05, 0.1) is 12.4 Å². The third-order valence-corrected chi connectivity index (χ3v) is 5.87. The summed E-state index contributed by atoms with van der Waals surface area (Å²) in [6.07, 6.45) is 1.18. The summed E-state index contributed by atoms with van der Waals surface area (Å²) in [7, 11) is 0. The van der Waals surface area contributed by atoms with Crippen molar-refractivity contribution in [2.75, 3.05) is 51.7 Å². The highest BCUT2D eigenvalue weighted by Gasteiger charge is 2.24. The topological polar surface area (TPSA) is 32.8 Å². The average molecular weight is 369 g/mol. The number of amides is 1. The molecule has 0 aliphatic carbocycles. The molecule has 24 heavy (non-hydrogen) atoms. The first kappa shape index (κ1) is 18.1. The fraction of sp³-hybridized carbons (Fsp3) is 0.611. The second-order valence-corrected chi connectivity index (χ2v) is 7.96. The van der Waals surface area contributed by atoms with Crippen molar-refractivity contribution < 1.29 is 9.53 Å². The predicted octanol–water partition coefficient (Wildman–Crippen LogP) is 2.75. The molecule has 0 radical (unpaired) electrons. The molecule has 0 bridgehead atoms. The summed E-state index contributed by atoms with van der Waals surface area (Å²) in [4.78, 5) is 16.8. The molecule has 2 heterocycles. The first-order valence-electron chi connectivity index (χ1n) is 8.61. The zero-order chi connectivity index (χ0) is 16.8. The minimum atomic E-state index is 0.255. The molecule has 2 fully saturated rings. The molecule has 3 rings (SSSR count). The number of carbonyl (C=O) groups is 1. The smallest absolute Gasteiger partial charge is 0.232 e. The van der Waals surface area contributed by atoms with Gasteiger partial charge in [0.15, 0.2) is 0 Å². The van der Waals surface area contributed by atoms with Crippen molar-refractivity contribution in [1.29, 1.82) is 0 Å². The van der Waals surface area contributed by atoms with E-state index in [0.29, 0.717) is 11.7 Å². The van der Waals surface area contributed by atoms with E-state index in [9.17, 15) is 4.79 Å². The highest BCUT2D eigenvalue weighted by atomic mass is 35.5. The highest BCUT2D eigenvalue weighted by Crippen LogP contribution is 2.18. The molecule has 0 aromatic heterocycles. The van der Waals surface area contributed by atoms with Gasteiger partial charge >= 0.3 is 0 Å². The first-order valence-corrected chi connectivity index (χ1v) is 10.1. The maximum atomic E-state index is 12.3. The molecule has 1 aromatic rings. The Hall–Kier alpha value is -0.750. The lowest BCUT2D eigenvalue weighted by Crippen LogP contribution is -2.50. The monoisotopic (exact) mass is 368 g/mol. The number of nitrogens with zero attached hydrogens (tertiary/aromatic N) is 2. The van der Waals surface area contributed by atoms with E-state index in [1.165, 1.54) is 12.0 Å². The number of hydrogen-bond acceptors (Lipinski definition) is 4. The second kappa shape index (κ2) is 9.09. The maximum Gasteiger partial charge on any atom is 0.232 e. The molecule has 1 aromatic carbocycles. The summed E-state index contributed by atoms with van der Waals surface area (Å²) in [6, 6.07) is 7.84. The molecule has 132 valence electrons. The van der Waals surface area contributed by atoms with Crippen LogP contribution >= 0.6 is 23.4 Å². The average Bonchev–Trinajstić information content (AvgIpc) is 3.08. The van der Waals surface area contributed by atoms with Gasteiger partial charge in [0.25, 0.3) is 0 Å². The van der Waals surface area contributed by atoms with E-state index in [-0.39, 0.29) is 5.91 Å². The van der Waals surface area contributed by atoms with Crippen LogP contribution in [-0.4, -0.2) is 67.4 Å². The van der Waals surface area contributed by atoms with Gasteiger partial charge in [-0.1, -0.05) is 23.7 Å². The largest absolute Gasteiger partial charge is 0.381 e. The summed E-state index contributed by atoms with van der Waals surface area (Å²) in [5, 5.41) is 0.753. The third kappa shape index (κ3) is 5.38. The maximum absolute atomic E-state index is 12.3. The third-order valence-electron chi connectivity index (χ3n) is 4.65. The van der Waals surface area contributed by atoms with Crippen molar-refractivity contribution >= 4 is 29.3 Å². The lowest BCUT2D eigenvalue weighted by molar-refractivity contribution is -0.130. The van der Waals surface area contributed by atoms with Crippen LogP contribution < -0.4 is 0 Å². The summed E-state index contributed by atoms with van der Waals surface area (Å²) < 4.78 is 5.44. The Balaban J connectivity index is 1.34. The first-order chi connectivity index (χ1) is 11.7. The summed E-state index contributed by atoms with van der Waals surface area (Å²) >= 11 is 7.65. The van der Waals surface area contributed by atoms with Gasteiger partial charge < -0.3 is 9.64 Å².